The van der Waals surface area contributed by atoms with Crippen molar-refractivity contribution in [1.29, 1.82) is 0 Å². The van der Waals surface area contributed by atoms with E-state index in [9.17, 15) is 8.78 Å². The average Bonchev–Trinajstić information content (AvgIpc) is 2.74. The molecule has 1 fully saturated rings. The Balaban J connectivity index is 1.66. The van der Waals surface area contributed by atoms with Crippen LogP contribution in [0.25, 0.3) is 0 Å². The Morgan fingerprint density at radius 3 is 2.33 bits per heavy atom. The summed E-state index contributed by atoms with van der Waals surface area (Å²) in [6, 6.07) is 7.43. The molecule has 0 amide bonds. The number of halogens is 2. The summed E-state index contributed by atoms with van der Waals surface area (Å²) in [5.74, 6) is -0.224. The van der Waals surface area contributed by atoms with Gasteiger partial charge in [0.1, 0.15) is 17.5 Å². The molecule has 156 valence electrons. The van der Waals surface area contributed by atoms with Gasteiger partial charge in [0.25, 0.3) is 0 Å². The van der Waals surface area contributed by atoms with Crippen molar-refractivity contribution >= 4 is 11.4 Å². The molecule has 0 spiro atoms. The van der Waals surface area contributed by atoms with Crippen LogP contribution in [0.4, 0.5) is 14.5 Å². The number of piperazine rings is 1. The third-order valence-electron chi connectivity index (χ3n) is 4.70. The van der Waals surface area contributed by atoms with Crippen molar-refractivity contribution < 1.29 is 8.78 Å². The summed E-state index contributed by atoms with van der Waals surface area (Å²) in [7, 11) is 0. The van der Waals surface area contributed by atoms with E-state index >= 15 is 0 Å². The van der Waals surface area contributed by atoms with Gasteiger partial charge >= 0.3 is 0 Å². The zero-order chi connectivity index (χ0) is 21.5. The molecule has 6 nitrogen and oxygen atoms in total. The van der Waals surface area contributed by atoms with E-state index in [4.69, 9.17) is 5.73 Å². The number of nitrogens with one attached hydrogen (secondary N) is 1. The smallest absolute Gasteiger partial charge is 0.135 e. The lowest BCUT2D eigenvalue weighted by atomic mass is 10.1. The van der Waals surface area contributed by atoms with Crippen LogP contribution in [-0.4, -0.2) is 46.7 Å². The molecular weight excluding hydrogens is 386 g/mol. The second kappa shape index (κ2) is 9.69. The maximum Gasteiger partial charge on any atom is 0.135 e. The summed E-state index contributed by atoms with van der Waals surface area (Å²) in [5, 5.41) is 3.23. The van der Waals surface area contributed by atoms with E-state index in [-0.39, 0.29) is 11.3 Å². The first-order valence-corrected chi connectivity index (χ1v) is 9.45. The molecule has 2 heterocycles. The molecule has 30 heavy (non-hydrogen) atoms. The van der Waals surface area contributed by atoms with Crippen molar-refractivity contribution in [2.75, 3.05) is 31.5 Å². The zero-order valence-electron chi connectivity index (χ0n) is 16.6. The summed E-state index contributed by atoms with van der Waals surface area (Å²) in [6.07, 6.45) is 6.00. The fourth-order valence-electron chi connectivity index (χ4n) is 3.14. The van der Waals surface area contributed by atoms with Crippen molar-refractivity contribution in [3.63, 3.8) is 0 Å². The number of hydrogen-bond acceptors (Lipinski definition) is 6. The molecule has 1 aromatic carbocycles. The monoisotopic (exact) mass is 410 g/mol. The number of nitrogens with zero attached hydrogens (tertiary/aromatic N) is 4. The summed E-state index contributed by atoms with van der Waals surface area (Å²) >= 11 is 0. The average molecular weight is 410 g/mol. The minimum absolute atomic E-state index is 0.0863. The van der Waals surface area contributed by atoms with E-state index in [2.05, 4.69) is 33.4 Å². The van der Waals surface area contributed by atoms with E-state index in [0.717, 1.165) is 11.5 Å². The van der Waals surface area contributed by atoms with Crippen LogP contribution in [0.15, 0.2) is 84.8 Å². The number of aromatic nitrogens is 1. The Labute approximate surface area is 174 Å². The molecule has 3 N–H and O–H groups in total. The highest BCUT2D eigenvalue weighted by molar-refractivity contribution is 6.09. The molecule has 0 saturated carbocycles. The predicted octanol–water partition coefficient (Wildman–Crippen LogP) is 3.29. The largest absolute Gasteiger partial charge is 0.405 e. The van der Waals surface area contributed by atoms with Crippen LogP contribution >= 0.6 is 0 Å². The van der Waals surface area contributed by atoms with Crippen molar-refractivity contribution in [1.82, 2.24) is 14.8 Å². The molecule has 3 rings (SSSR count). The Hall–Kier alpha value is -3.68. The van der Waals surface area contributed by atoms with Crippen LogP contribution < -0.4 is 11.1 Å². The highest BCUT2D eigenvalue weighted by Crippen LogP contribution is 2.18. The van der Waals surface area contributed by atoms with Gasteiger partial charge in [-0.3, -0.25) is 4.98 Å². The van der Waals surface area contributed by atoms with Gasteiger partial charge in [-0.2, -0.15) is 0 Å². The van der Waals surface area contributed by atoms with Crippen LogP contribution in [0.3, 0.4) is 0 Å². The third-order valence-corrected chi connectivity index (χ3v) is 4.70. The van der Waals surface area contributed by atoms with E-state index in [1.165, 1.54) is 30.5 Å². The topological polar surface area (TPSA) is 69.8 Å². The van der Waals surface area contributed by atoms with Crippen molar-refractivity contribution in [2.24, 2.45) is 10.7 Å². The van der Waals surface area contributed by atoms with Gasteiger partial charge < -0.3 is 20.9 Å². The van der Waals surface area contributed by atoms with Gasteiger partial charge in [0.15, 0.2) is 0 Å². The summed E-state index contributed by atoms with van der Waals surface area (Å²) < 4.78 is 28.3. The van der Waals surface area contributed by atoms with Crippen molar-refractivity contribution in [3.8, 4) is 0 Å². The lowest BCUT2D eigenvalue weighted by Crippen LogP contribution is -2.45. The lowest BCUT2D eigenvalue weighted by Gasteiger charge is -2.38. The highest BCUT2D eigenvalue weighted by Gasteiger charge is 2.20. The number of pyridine rings is 1. The molecule has 1 saturated heterocycles. The van der Waals surface area contributed by atoms with Crippen LogP contribution in [0, 0.1) is 11.6 Å². The van der Waals surface area contributed by atoms with E-state index < -0.39 is 11.6 Å². The van der Waals surface area contributed by atoms with Crippen LogP contribution in [0.1, 0.15) is 5.56 Å². The number of nitrogens with two attached hydrogens (primary N) is 1. The molecule has 1 aliphatic rings. The molecule has 1 aliphatic heterocycles. The molecule has 0 radical (unpaired) electrons. The molecule has 2 aromatic rings. The molecular formula is C22H24F2N6. The van der Waals surface area contributed by atoms with Crippen molar-refractivity contribution in [2.45, 2.75) is 0 Å². The van der Waals surface area contributed by atoms with E-state index in [0.29, 0.717) is 32.0 Å². The number of hydrogen-bond donors (Lipinski definition) is 2. The minimum Gasteiger partial charge on any atom is -0.405 e. The molecule has 8 heteroatoms. The zero-order valence-corrected chi connectivity index (χ0v) is 16.6. The van der Waals surface area contributed by atoms with E-state index in [1.54, 1.807) is 12.4 Å². The molecule has 1 aromatic heterocycles. The third kappa shape index (κ3) is 5.02. The predicted molar refractivity (Wildman–Crippen MR) is 116 cm³/mol. The van der Waals surface area contributed by atoms with Gasteiger partial charge in [0, 0.05) is 32.4 Å². The maximum absolute atomic E-state index is 14.2. The van der Waals surface area contributed by atoms with Gasteiger partial charge in [0.2, 0.25) is 0 Å². The molecule has 0 unspecified atom stereocenters. The van der Waals surface area contributed by atoms with Gasteiger partial charge in [-0.15, -0.1) is 0 Å². The van der Waals surface area contributed by atoms with E-state index in [1.807, 2.05) is 17.0 Å². The second-order valence-electron chi connectivity index (χ2n) is 6.66. The first-order chi connectivity index (χ1) is 14.5. The second-order valence-corrected chi connectivity index (χ2v) is 6.66. The quantitative estimate of drug-likeness (QED) is 0.686. The first kappa shape index (κ1) is 21.0. The number of anilines is 1. The summed E-state index contributed by atoms with van der Waals surface area (Å²) in [6.45, 7) is 10.7. The van der Waals surface area contributed by atoms with Gasteiger partial charge in [0.05, 0.1) is 29.0 Å². The fraction of sp³-hybridized carbons (Fsp3) is 0.182. The van der Waals surface area contributed by atoms with Crippen LogP contribution in [-0.2, 0) is 0 Å². The van der Waals surface area contributed by atoms with Gasteiger partial charge in [-0.25, -0.2) is 13.8 Å². The molecule has 0 aliphatic carbocycles. The standard InChI is InChI=1S/C22H24F2N6/c1-16(27-18-5-4-10-26-15-18)29-11-13-30(14-12-29)17(2)28-21(8-9-25)22-19(23)6-3-7-20(22)24/h3-10,15,27H,1-2,11-14,25H2/b9-8-,28-21+. The SMILES string of the molecule is C=C(/N=C(\C=C/N)c1c(F)cccc1F)N1CCN(C(=C)Nc2cccnc2)CC1. The van der Waals surface area contributed by atoms with Gasteiger partial charge in [-0.1, -0.05) is 19.2 Å². The Kier molecular flexibility index (Phi) is 6.79. The number of allylic oxidation sites excluding steroid dienone is 1. The minimum atomic E-state index is -0.706. The Bertz CT molecular complexity index is 943. The Morgan fingerprint density at radius 2 is 1.73 bits per heavy atom. The van der Waals surface area contributed by atoms with Gasteiger partial charge in [-0.05, 0) is 36.5 Å². The number of benzene rings is 1. The van der Waals surface area contributed by atoms with Crippen LogP contribution in [0.5, 0.6) is 0 Å². The first-order valence-electron chi connectivity index (χ1n) is 9.45. The summed E-state index contributed by atoms with van der Waals surface area (Å²) in [5.41, 5.74) is 6.18. The summed E-state index contributed by atoms with van der Waals surface area (Å²) in [4.78, 5) is 12.5. The highest BCUT2D eigenvalue weighted by atomic mass is 19.1. The van der Waals surface area contributed by atoms with Crippen molar-refractivity contribution in [3.05, 3.63) is 97.0 Å². The molecule has 0 bridgehead atoms. The molecule has 0 atom stereocenters. The lowest BCUT2D eigenvalue weighted by molar-refractivity contribution is 0.193. The Morgan fingerprint density at radius 1 is 1.07 bits per heavy atom. The number of rotatable bonds is 7. The number of aliphatic imine (C=N–C) groups is 1. The fourth-order valence-corrected chi connectivity index (χ4v) is 3.14. The normalized spacial score (nSPS) is 14.8. The maximum atomic E-state index is 14.2. The van der Waals surface area contributed by atoms with Crippen LogP contribution in [0.2, 0.25) is 0 Å².